The molecule has 0 atom stereocenters. The van der Waals surface area contributed by atoms with Gasteiger partial charge in [0.1, 0.15) is 5.69 Å². The molecule has 18 heavy (non-hydrogen) atoms. The molecule has 0 bridgehead atoms. The van der Waals surface area contributed by atoms with E-state index in [0.717, 1.165) is 5.56 Å². The minimum absolute atomic E-state index is 0.106. The summed E-state index contributed by atoms with van der Waals surface area (Å²) in [7, 11) is 1.81. The van der Waals surface area contributed by atoms with Gasteiger partial charge in [0.05, 0.1) is 6.33 Å². The summed E-state index contributed by atoms with van der Waals surface area (Å²) >= 11 is 0. The van der Waals surface area contributed by atoms with E-state index in [1.165, 1.54) is 6.33 Å². The molecule has 0 spiro atoms. The number of benzene rings is 1. The quantitative estimate of drug-likeness (QED) is 0.686. The predicted octanol–water partition coefficient (Wildman–Crippen LogP) is 0.571. The molecule has 0 amide bonds. The lowest BCUT2D eigenvalue weighted by molar-refractivity contribution is 0.892. The Morgan fingerprint density at radius 3 is 2.78 bits per heavy atom. The van der Waals surface area contributed by atoms with E-state index >= 15 is 0 Å². The van der Waals surface area contributed by atoms with Crippen molar-refractivity contribution in [1.29, 1.82) is 0 Å². The van der Waals surface area contributed by atoms with Crippen LogP contribution in [0.2, 0.25) is 0 Å². The lowest BCUT2D eigenvalue weighted by Gasteiger charge is -2.19. The molecule has 0 aliphatic carbocycles. The summed E-state index contributed by atoms with van der Waals surface area (Å²) in [5.74, 6) is 0.446. The maximum atomic E-state index is 11.4. The van der Waals surface area contributed by atoms with E-state index in [4.69, 9.17) is 11.5 Å². The van der Waals surface area contributed by atoms with Crippen LogP contribution < -0.4 is 21.9 Å². The number of nitrogen functional groups attached to an aromatic ring is 2. The molecule has 1 aromatic carbocycles. The zero-order valence-corrected chi connectivity index (χ0v) is 10.1. The number of para-hydroxylation sites is 1. The van der Waals surface area contributed by atoms with Crippen LogP contribution in [0.25, 0.3) is 0 Å². The molecule has 5 N–H and O–H groups in total. The molecule has 2 aromatic rings. The Morgan fingerprint density at radius 2 is 2.06 bits per heavy atom. The van der Waals surface area contributed by atoms with Gasteiger partial charge in [0.25, 0.3) is 5.56 Å². The third-order valence-electron chi connectivity index (χ3n) is 2.69. The first-order chi connectivity index (χ1) is 8.59. The Kier molecular flexibility index (Phi) is 3.18. The molecular formula is C12H15N5O. The Balaban J connectivity index is 2.28. The normalized spacial score (nSPS) is 10.3. The number of hydrogen-bond acceptors (Lipinski definition) is 5. The van der Waals surface area contributed by atoms with E-state index in [1.54, 1.807) is 4.90 Å². The van der Waals surface area contributed by atoms with Gasteiger partial charge >= 0.3 is 0 Å². The molecule has 0 saturated heterocycles. The number of aromatic nitrogens is 2. The average molecular weight is 245 g/mol. The third kappa shape index (κ3) is 2.27. The van der Waals surface area contributed by atoms with Gasteiger partial charge in [0, 0.05) is 19.3 Å². The van der Waals surface area contributed by atoms with Gasteiger partial charge in [0.15, 0.2) is 5.82 Å². The van der Waals surface area contributed by atoms with Crippen molar-refractivity contribution in [3.05, 3.63) is 46.5 Å². The van der Waals surface area contributed by atoms with Gasteiger partial charge in [-0.15, -0.1) is 0 Å². The van der Waals surface area contributed by atoms with E-state index < -0.39 is 0 Å². The lowest BCUT2D eigenvalue weighted by Crippen LogP contribution is -2.24. The van der Waals surface area contributed by atoms with Crippen molar-refractivity contribution in [3.8, 4) is 0 Å². The highest BCUT2D eigenvalue weighted by Crippen LogP contribution is 2.19. The van der Waals surface area contributed by atoms with E-state index in [0.29, 0.717) is 18.1 Å². The van der Waals surface area contributed by atoms with Crippen molar-refractivity contribution >= 4 is 17.2 Å². The van der Waals surface area contributed by atoms with E-state index in [1.807, 2.05) is 31.3 Å². The highest BCUT2D eigenvalue weighted by Gasteiger charge is 2.11. The third-order valence-corrected chi connectivity index (χ3v) is 2.69. The van der Waals surface area contributed by atoms with Crippen molar-refractivity contribution in [2.45, 2.75) is 6.54 Å². The van der Waals surface area contributed by atoms with Crippen LogP contribution >= 0.6 is 0 Å². The molecule has 1 heterocycles. The van der Waals surface area contributed by atoms with Crippen LogP contribution in [0.15, 0.2) is 35.4 Å². The molecular weight excluding hydrogens is 230 g/mol. The van der Waals surface area contributed by atoms with Crippen molar-refractivity contribution < 1.29 is 0 Å². The van der Waals surface area contributed by atoms with Crippen LogP contribution in [0, 0.1) is 0 Å². The summed E-state index contributed by atoms with van der Waals surface area (Å²) in [6.45, 7) is 0.535. The first-order valence-electron chi connectivity index (χ1n) is 5.47. The first-order valence-corrected chi connectivity index (χ1v) is 5.47. The van der Waals surface area contributed by atoms with Crippen LogP contribution in [-0.4, -0.2) is 17.0 Å². The van der Waals surface area contributed by atoms with Gasteiger partial charge < -0.3 is 21.4 Å². The van der Waals surface area contributed by atoms with Gasteiger partial charge in [0.2, 0.25) is 0 Å². The SMILES string of the molecule is CN(Cc1ccccc1N)c1nc[nH]c(=O)c1N. The minimum Gasteiger partial charge on any atom is -0.398 e. The second kappa shape index (κ2) is 4.79. The van der Waals surface area contributed by atoms with Crippen LogP contribution in [0.1, 0.15) is 5.56 Å². The Hall–Kier alpha value is -2.50. The van der Waals surface area contributed by atoms with Crippen LogP contribution in [0.4, 0.5) is 17.2 Å². The van der Waals surface area contributed by atoms with Crippen molar-refractivity contribution in [3.63, 3.8) is 0 Å². The van der Waals surface area contributed by atoms with Gasteiger partial charge in [-0.3, -0.25) is 4.79 Å². The summed E-state index contributed by atoms with van der Waals surface area (Å²) < 4.78 is 0. The second-order valence-corrected chi connectivity index (χ2v) is 4.02. The molecule has 1 aromatic heterocycles. The molecule has 0 radical (unpaired) electrons. The maximum absolute atomic E-state index is 11.4. The molecule has 0 aliphatic rings. The van der Waals surface area contributed by atoms with Crippen molar-refractivity contribution in [2.75, 3.05) is 23.4 Å². The largest absolute Gasteiger partial charge is 0.398 e. The fourth-order valence-electron chi connectivity index (χ4n) is 1.71. The smallest absolute Gasteiger partial charge is 0.276 e. The summed E-state index contributed by atoms with van der Waals surface area (Å²) in [6, 6.07) is 7.54. The molecule has 94 valence electrons. The Labute approximate surface area is 104 Å². The molecule has 0 aliphatic heterocycles. The molecule has 2 rings (SSSR count). The summed E-state index contributed by atoms with van der Waals surface area (Å²) in [4.78, 5) is 19.7. The number of anilines is 3. The Bertz CT molecular complexity index is 607. The fourth-order valence-corrected chi connectivity index (χ4v) is 1.71. The average Bonchev–Trinajstić information content (AvgIpc) is 2.35. The summed E-state index contributed by atoms with van der Waals surface area (Å²) in [5, 5.41) is 0. The number of rotatable bonds is 3. The van der Waals surface area contributed by atoms with Crippen molar-refractivity contribution in [2.24, 2.45) is 0 Å². The maximum Gasteiger partial charge on any atom is 0.276 e. The number of nitrogens with zero attached hydrogens (tertiary/aromatic N) is 2. The molecule has 0 unspecified atom stereocenters. The zero-order chi connectivity index (χ0) is 13.1. The summed E-state index contributed by atoms with van der Waals surface area (Å²) in [5.41, 5.74) is 13.0. The van der Waals surface area contributed by atoms with Gasteiger partial charge in [-0.2, -0.15) is 0 Å². The van der Waals surface area contributed by atoms with Gasteiger partial charge in [-0.05, 0) is 11.6 Å². The number of hydrogen-bond donors (Lipinski definition) is 3. The van der Waals surface area contributed by atoms with Crippen molar-refractivity contribution in [1.82, 2.24) is 9.97 Å². The minimum atomic E-state index is -0.340. The zero-order valence-electron chi connectivity index (χ0n) is 10.1. The lowest BCUT2D eigenvalue weighted by atomic mass is 10.2. The number of nitrogens with one attached hydrogen (secondary N) is 1. The van der Waals surface area contributed by atoms with Gasteiger partial charge in [-0.25, -0.2) is 4.98 Å². The van der Waals surface area contributed by atoms with E-state index in [9.17, 15) is 4.79 Å². The van der Waals surface area contributed by atoms with E-state index in [-0.39, 0.29) is 11.2 Å². The molecule has 6 heteroatoms. The first kappa shape index (κ1) is 12.0. The molecule has 0 fully saturated rings. The summed E-state index contributed by atoms with van der Waals surface area (Å²) in [6.07, 6.45) is 1.33. The topological polar surface area (TPSA) is 101 Å². The molecule has 6 nitrogen and oxygen atoms in total. The fraction of sp³-hybridized carbons (Fsp3) is 0.167. The monoisotopic (exact) mass is 245 g/mol. The highest BCUT2D eigenvalue weighted by molar-refractivity contribution is 5.61. The predicted molar refractivity (Wildman–Crippen MR) is 72.2 cm³/mol. The number of nitrogens with two attached hydrogens (primary N) is 2. The van der Waals surface area contributed by atoms with Crippen LogP contribution in [-0.2, 0) is 6.54 Å². The second-order valence-electron chi connectivity index (χ2n) is 4.02. The Morgan fingerprint density at radius 1 is 1.33 bits per heavy atom. The number of H-pyrrole nitrogens is 1. The number of aromatic amines is 1. The molecule has 0 saturated carbocycles. The van der Waals surface area contributed by atoms with Crippen LogP contribution in [0.5, 0.6) is 0 Å². The van der Waals surface area contributed by atoms with Crippen LogP contribution in [0.3, 0.4) is 0 Å². The van der Waals surface area contributed by atoms with Gasteiger partial charge in [-0.1, -0.05) is 18.2 Å². The standard InChI is InChI=1S/C12H15N5O/c1-17(6-8-4-2-3-5-9(8)13)11-10(14)12(18)16-7-15-11/h2-5,7H,6,13-14H2,1H3,(H,15,16,18). The van der Waals surface area contributed by atoms with E-state index in [2.05, 4.69) is 9.97 Å². The highest BCUT2D eigenvalue weighted by atomic mass is 16.1.